The molecule has 0 aliphatic heterocycles. The predicted molar refractivity (Wildman–Crippen MR) is 98.1 cm³/mol. The van der Waals surface area contributed by atoms with E-state index in [1.54, 1.807) is 0 Å². The zero-order valence-electron chi connectivity index (χ0n) is 10.6. The first kappa shape index (κ1) is 17.3. The van der Waals surface area contributed by atoms with E-state index in [9.17, 15) is 0 Å². The van der Waals surface area contributed by atoms with Crippen LogP contribution in [0.3, 0.4) is 0 Å². The fourth-order valence-corrected chi connectivity index (χ4v) is 3.17. The van der Waals surface area contributed by atoms with Gasteiger partial charge in [0.25, 0.3) is 0 Å². The normalized spacial score (nSPS) is 9.68. The molecule has 102 valence electrons. The lowest BCUT2D eigenvalue weighted by atomic mass is 10.2. The van der Waals surface area contributed by atoms with E-state index in [1.165, 1.54) is 15.6 Å². The molecule has 0 aromatic heterocycles. The molecule has 19 heavy (non-hydrogen) atoms. The van der Waals surface area contributed by atoms with Crippen LogP contribution in [-0.2, 0) is 11.1 Å². The van der Waals surface area contributed by atoms with Crippen LogP contribution >= 0.6 is 59.6 Å². The second kappa shape index (κ2) is 10.0. The van der Waals surface area contributed by atoms with Gasteiger partial charge in [-0.1, -0.05) is 72.1 Å². The van der Waals surface area contributed by atoms with E-state index in [4.69, 9.17) is 0 Å². The largest absolute Gasteiger partial charge is 0.161 e. The molecule has 0 aliphatic rings. The van der Waals surface area contributed by atoms with Crippen LogP contribution in [-0.4, -0.2) is 6.26 Å². The molecule has 0 nitrogen and oxygen atoms in total. The van der Waals surface area contributed by atoms with Crippen molar-refractivity contribution >= 4 is 59.6 Å². The van der Waals surface area contributed by atoms with Crippen LogP contribution in [0.25, 0.3) is 0 Å². The average Bonchev–Trinajstić information content (AvgIpc) is 2.40. The minimum Gasteiger partial charge on any atom is -0.161 e. The van der Waals surface area contributed by atoms with E-state index in [2.05, 4.69) is 84.4 Å². The van der Waals surface area contributed by atoms with Crippen molar-refractivity contribution in [3.05, 3.63) is 68.6 Å². The SMILES string of the molecule is BrCc1cccc(Br)c1.CSCc1cccc(Br)c1. The molecule has 0 N–H and O–H groups in total. The van der Waals surface area contributed by atoms with Gasteiger partial charge in [0.15, 0.2) is 0 Å². The monoisotopic (exact) mass is 464 g/mol. The highest BCUT2D eigenvalue weighted by Gasteiger charge is 1.90. The summed E-state index contributed by atoms with van der Waals surface area (Å²) in [5.74, 6) is 1.10. The Hall–Kier alpha value is 0.230. The second-order valence-electron chi connectivity index (χ2n) is 3.83. The van der Waals surface area contributed by atoms with Gasteiger partial charge in [-0.15, -0.1) is 0 Å². The fraction of sp³-hybridized carbons (Fsp3) is 0.200. The van der Waals surface area contributed by atoms with Crippen LogP contribution in [0, 0.1) is 0 Å². The number of hydrogen-bond donors (Lipinski definition) is 0. The van der Waals surface area contributed by atoms with Crippen molar-refractivity contribution < 1.29 is 0 Å². The summed E-state index contributed by atoms with van der Waals surface area (Å²) >= 11 is 12.0. The second-order valence-corrected chi connectivity index (χ2v) is 7.08. The van der Waals surface area contributed by atoms with Crippen LogP contribution in [0.2, 0.25) is 0 Å². The summed E-state index contributed by atoms with van der Waals surface area (Å²) in [6, 6.07) is 16.6. The number of benzene rings is 2. The number of rotatable bonds is 3. The lowest BCUT2D eigenvalue weighted by Gasteiger charge is -1.96. The van der Waals surface area contributed by atoms with Crippen molar-refractivity contribution in [1.82, 2.24) is 0 Å². The van der Waals surface area contributed by atoms with Gasteiger partial charge in [0, 0.05) is 20.0 Å². The van der Waals surface area contributed by atoms with Crippen molar-refractivity contribution in [1.29, 1.82) is 0 Å². The Labute approximate surface area is 144 Å². The summed E-state index contributed by atoms with van der Waals surface area (Å²) in [5.41, 5.74) is 2.67. The number of halogens is 3. The number of alkyl halides is 1. The van der Waals surface area contributed by atoms with E-state index in [1.807, 2.05) is 30.0 Å². The Bertz CT molecular complexity index is 500. The molecule has 0 saturated carbocycles. The molecule has 0 unspecified atom stereocenters. The molecule has 0 amide bonds. The van der Waals surface area contributed by atoms with Crippen LogP contribution in [0.4, 0.5) is 0 Å². The zero-order valence-corrected chi connectivity index (χ0v) is 16.1. The molecule has 2 aromatic rings. The van der Waals surface area contributed by atoms with Gasteiger partial charge in [-0.2, -0.15) is 11.8 Å². The first-order valence-corrected chi connectivity index (χ1v) is 9.79. The molecule has 0 aliphatic carbocycles. The molecular weight excluding hydrogens is 452 g/mol. The third-order valence-electron chi connectivity index (χ3n) is 2.24. The Morgan fingerprint density at radius 3 is 1.84 bits per heavy atom. The quantitative estimate of drug-likeness (QED) is 0.456. The van der Waals surface area contributed by atoms with Gasteiger partial charge < -0.3 is 0 Å². The van der Waals surface area contributed by atoms with E-state index < -0.39 is 0 Å². The molecule has 0 atom stereocenters. The van der Waals surface area contributed by atoms with Crippen molar-refractivity contribution in [2.45, 2.75) is 11.1 Å². The molecule has 0 saturated heterocycles. The summed E-state index contributed by atoms with van der Waals surface area (Å²) in [6.45, 7) is 0. The van der Waals surface area contributed by atoms with E-state index in [0.717, 1.165) is 15.6 Å². The molecule has 4 heteroatoms. The summed E-state index contributed by atoms with van der Waals surface area (Å²) < 4.78 is 2.30. The summed E-state index contributed by atoms with van der Waals surface area (Å²) in [5, 5.41) is 0.923. The smallest absolute Gasteiger partial charge is 0.0283 e. The molecule has 0 fully saturated rings. The van der Waals surface area contributed by atoms with Crippen molar-refractivity contribution in [2.75, 3.05) is 6.26 Å². The Balaban J connectivity index is 0.000000191. The van der Waals surface area contributed by atoms with Gasteiger partial charge in [0.1, 0.15) is 0 Å². The highest BCUT2D eigenvalue weighted by Crippen LogP contribution is 2.15. The first-order chi connectivity index (χ1) is 9.15. The van der Waals surface area contributed by atoms with E-state index in [0.29, 0.717) is 0 Å². The predicted octanol–water partition coefficient (Wildman–Crippen LogP) is 6.66. The summed E-state index contributed by atoms with van der Waals surface area (Å²) in [4.78, 5) is 0. The third-order valence-corrected chi connectivity index (χ3v) is 4.50. The molecule has 0 heterocycles. The number of thioether (sulfide) groups is 1. The highest BCUT2D eigenvalue weighted by atomic mass is 79.9. The standard InChI is InChI=1S/C8H9BrS.C7H6Br2/c1-10-6-7-3-2-4-8(9)5-7;8-5-6-2-1-3-7(9)4-6/h2-5H,6H2,1H3;1-4H,5H2. The topological polar surface area (TPSA) is 0 Å². The van der Waals surface area contributed by atoms with Gasteiger partial charge >= 0.3 is 0 Å². The van der Waals surface area contributed by atoms with Gasteiger partial charge in [-0.25, -0.2) is 0 Å². The lowest BCUT2D eigenvalue weighted by molar-refractivity contribution is 1.40. The number of hydrogen-bond acceptors (Lipinski definition) is 1. The van der Waals surface area contributed by atoms with Crippen LogP contribution in [0.5, 0.6) is 0 Å². The molecule has 0 radical (unpaired) electrons. The fourth-order valence-electron chi connectivity index (χ4n) is 1.41. The third kappa shape index (κ3) is 7.54. The minimum atomic E-state index is 0.923. The molecule has 0 bridgehead atoms. The van der Waals surface area contributed by atoms with Gasteiger partial charge in [-0.05, 0) is 41.6 Å². The summed E-state index contributed by atoms with van der Waals surface area (Å²) in [6.07, 6.45) is 2.11. The average molecular weight is 467 g/mol. The molecule has 2 aromatic carbocycles. The van der Waals surface area contributed by atoms with Gasteiger partial charge in [-0.3, -0.25) is 0 Å². The lowest BCUT2D eigenvalue weighted by Crippen LogP contribution is -1.77. The molecular formula is C15H15Br3S. The maximum Gasteiger partial charge on any atom is 0.0283 e. The highest BCUT2D eigenvalue weighted by molar-refractivity contribution is 9.10. The molecule has 2 rings (SSSR count). The maximum absolute atomic E-state index is 3.42. The molecule has 0 spiro atoms. The Morgan fingerprint density at radius 2 is 1.42 bits per heavy atom. The van der Waals surface area contributed by atoms with E-state index in [-0.39, 0.29) is 0 Å². The maximum atomic E-state index is 3.42. The Morgan fingerprint density at radius 1 is 0.895 bits per heavy atom. The first-order valence-electron chi connectivity index (χ1n) is 5.69. The van der Waals surface area contributed by atoms with Crippen LogP contribution in [0.15, 0.2) is 57.5 Å². The van der Waals surface area contributed by atoms with Gasteiger partial charge in [0.2, 0.25) is 0 Å². The van der Waals surface area contributed by atoms with Gasteiger partial charge in [0.05, 0.1) is 0 Å². The van der Waals surface area contributed by atoms with E-state index >= 15 is 0 Å². The minimum absolute atomic E-state index is 0.923. The van der Waals surface area contributed by atoms with Crippen LogP contribution < -0.4 is 0 Å². The summed E-state index contributed by atoms with van der Waals surface area (Å²) in [7, 11) is 0. The zero-order chi connectivity index (χ0) is 14.1. The van der Waals surface area contributed by atoms with Crippen molar-refractivity contribution in [3.63, 3.8) is 0 Å². The van der Waals surface area contributed by atoms with Crippen LogP contribution in [0.1, 0.15) is 11.1 Å². The van der Waals surface area contributed by atoms with Crippen molar-refractivity contribution in [3.8, 4) is 0 Å². The van der Waals surface area contributed by atoms with Crippen molar-refractivity contribution in [2.24, 2.45) is 0 Å². The Kier molecular flexibility index (Phi) is 9.12.